The Kier molecular flexibility index (Phi) is 3.49. The quantitative estimate of drug-likeness (QED) is 0.806. The van der Waals surface area contributed by atoms with Crippen LogP contribution in [0, 0.1) is 9.39 Å². The molecular formula is C14H17FINO. The predicted molar refractivity (Wildman–Crippen MR) is 78.3 cm³/mol. The van der Waals surface area contributed by atoms with E-state index in [0.29, 0.717) is 6.04 Å². The lowest BCUT2D eigenvalue weighted by Gasteiger charge is -2.47. The van der Waals surface area contributed by atoms with Crippen LogP contribution in [0.25, 0.3) is 0 Å². The molecular weight excluding hydrogens is 344 g/mol. The van der Waals surface area contributed by atoms with Crippen LogP contribution >= 0.6 is 22.6 Å². The average Bonchev–Trinajstić information content (AvgIpc) is 2.31. The maximum absolute atomic E-state index is 13.1. The van der Waals surface area contributed by atoms with Crippen LogP contribution in [0.3, 0.4) is 0 Å². The van der Waals surface area contributed by atoms with Crippen molar-refractivity contribution in [2.75, 3.05) is 11.9 Å². The number of ether oxygens (including phenoxy) is 1. The molecule has 0 amide bonds. The largest absolute Gasteiger partial charge is 0.381 e. The van der Waals surface area contributed by atoms with Gasteiger partial charge in [0.1, 0.15) is 5.82 Å². The molecule has 1 aliphatic carbocycles. The molecule has 0 bridgehead atoms. The van der Waals surface area contributed by atoms with Gasteiger partial charge < -0.3 is 10.1 Å². The summed E-state index contributed by atoms with van der Waals surface area (Å²) in [4.78, 5) is 0. The van der Waals surface area contributed by atoms with Gasteiger partial charge in [-0.2, -0.15) is 0 Å². The van der Waals surface area contributed by atoms with E-state index >= 15 is 0 Å². The molecule has 3 rings (SSSR count). The van der Waals surface area contributed by atoms with Gasteiger partial charge in [0.15, 0.2) is 0 Å². The Bertz CT molecular complexity index is 447. The van der Waals surface area contributed by atoms with E-state index in [9.17, 15) is 4.39 Å². The van der Waals surface area contributed by atoms with Crippen LogP contribution in [0.4, 0.5) is 10.1 Å². The van der Waals surface area contributed by atoms with Crippen LogP contribution in [0.15, 0.2) is 18.2 Å². The molecule has 0 radical (unpaired) electrons. The molecule has 1 saturated carbocycles. The molecule has 1 unspecified atom stereocenters. The molecule has 4 heteroatoms. The lowest BCUT2D eigenvalue weighted by Crippen LogP contribution is -2.49. The van der Waals surface area contributed by atoms with Gasteiger partial charge in [0, 0.05) is 21.9 Å². The van der Waals surface area contributed by atoms with Crippen molar-refractivity contribution in [2.24, 2.45) is 0 Å². The van der Waals surface area contributed by atoms with Crippen LogP contribution in [0.5, 0.6) is 0 Å². The second-order valence-electron chi connectivity index (χ2n) is 5.34. The minimum atomic E-state index is -0.174. The van der Waals surface area contributed by atoms with Gasteiger partial charge in [0.25, 0.3) is 0 Å². The van der Waals surface area contributed by atoms with E-state index < -0.39 is 0 Å². The number of halogens is 2. The highest BCUT2D eigenvalue weighted by atomic mass is 127. The third kappa shape index (κ3) is 2.50. The molecule has 1 aromatic carbocycles. The minimum absolute atomic E-state index is 0.154. The number of benzene rings is 1. The third-order valence-electron chi connectivity index (χ3n) is 4.05. The Morgan fingerprint density at radius 1 is 1.39 bits per heavy atom. The van der Waals surface area contributed by atoms with Crippen LogP contribution < -0.4 is 5.32 Å². The molecule has 1 N–H and O–H groups in total. The Balaban J connectivity index is 1.68. The highest BCUT2D eigenvalue weighted by Crippen LogP contribution is 2.43. The van der Waals surface area contributed by atoms with Crippen molar-refractivity contribution in [2.45, 2.75) is 43.7 Å². The van der Waals surface area contributed by atoms with Crippen LogP contribution in [0.1, 0.15) is 32.1 Å². The van der Waals surface area contributed by atoms with E-state index in [-0.39, 0.29) is 11.4 Å². The van der Waals surface area contributed by atoms with Crippen molar-refractivity contribution in [1.29, 1.82) is 0 Å². The van der Waals surface area contributed by atoms with Gasteiger partial charge in [0.2, 0.25) is 0 Å². The first kappa shape index (κ1) is 12.7. The summed E-state index contributed by atoms with van der Waals surface area (Å²) in [5.41, 5.74) is 1.19. The normalized spacial score (nSPS) is 25.8. The van der Waals surface area contributed by atoms with Gasteiger partial charge >= 0.3 is 0 Å². The fraction of sp³-hybridized carbons (Fsp3) is 0.571. The zero-order chi connectivity index (χ0) is 12.6. The number of rotatable bonds is 2. The lowest BCUT2D eigenvalue weighted by molar-refractivity contribution is -0.130. The average molecular weight is 361 g/mol. The smallest absolute Gasteiger partial charge is 0.124 e. The van der Waals surface area contributed by atoms with Gasteiger partial charge in [-0.05, 0) is 72.9 Å². The zero-order valence-corrected chi connectivity index (χ0v) is 12.4. The minimum Gasteiger partial charge on any atom is -0.381 e. The van der Waals surface area contributed by atoms with E-state index in [4.69, 9.17) is 4.74 Å². The standard InChI is InChI=1S/C14H17FINO/c15-10-2-3-13(12(16)8-10)17-11-4-7-18-14(9-11)5-1-6-14/h2-3,8,11,17H,1,4-7,9H2. The van der Waals surface area contributed by atoms with E-state index in [1.807, 2.05) is 6.07 Å². The van der Waals surface area contributed by atoms with Crippen LogP contribution in [-0.4, -0.2) is 18.2 Å². The molecule has 98 valence electrons. The summed E-state index contributed by atoms with van der Waals surface area (Å²) in [6.07, 6.45) is 5.81. The maximum atomic E-state index is 13.1. The summed E-state index contributed by atoms with van der Waals surface area (Å²) in [5.74, 6) is -0.174. The molecule has 1 aromatic rings. The Hall–Kier alpha value is -0.360. The summed E-state index contributed by atoms with van der Waals surface area (Å²) in [7, 11) is 0. The predicted octanol–water partition coefficient (Wildman–Crippen LogP) is 3.94. The van der Waals surface area contributed by atoms with Crippen molar-refractivity contribution in [3.05, 3.63) is 27.6 Å². The number of anilines is 1. The summed E-state index contributed by atoms with van der Waals surface area (Å²) >= 11 is 2.18. The molecule has 2 nitrogen and oxygen atoms in total. The molecule has 2 aliphatic rings. The monoisotopic (exact) mass is 361 g/mol. The molecule has 1 spiro atoms. The highest BCUT2D eigenvalue weighted by molar-refractivity contribution is 14.1. The fourth-order valence-electron chi connectivity index (χ4n) is 2.90. The third-order valence-corrected chi connectivity index (χ3v) is 4.94. The van der Waals surface area contributed by atoms with Gasteiger partial charge in [0.05, 0.1) is 5.60 Å². The first-order valence-corrected chi connectivity index (χ1v) is 7.60. The molecule has 1 saturated heterocycles. The highest BCUT2D eigenvalue weighted by Gasteiger charge is 2.42. The lowest BCUT2D eigenvalue weighted by atomic mass is 9.74. The maximum Gasteiger partial charge on any atom is 0.124 e. The SMILES string of the molecule is Fc1ccc(NC2CCOC3(CCC3)C2)c(I)c1. The molecule has 1 heterocycles. The first-order valence-electron chi connectivity index (χ1n) is 6.52. The van der Waals surface area contributed by atoms with Crippen LogP contribution in [-0.2, 0) is 4.74 Å². The molecule has 1 atom stereocenters. The summed E-state index contributed by atoms with van der Waals surface area (Å²) in [6, 6.07) is 5.38. The molecule has 0 aromatic heterocycles. The van der Waals surface area contributed by atoms with Crippen molar-refractivity contribution < 1.29 is 9.13 Å². The van der Waals surface area contributed by atoms with E-state index in [1.165, 1.54) is 25.3 Å². The Morgan fingerprint density at radius 3 is 2.89 bits per heavy atom. The summed E-state index contributed by atoms with van der Waals surface area (Å²) in [6.45, 7) is 0.843. The molecule has 2 fully saturated rings. The van der Waals surface area contributed by atoms with Gasteiger partial charge in [-0.15, -0.1) is 0 Å². The summed E-state index contributed by atoms with van der Waals surface area (Å²) in [5, 5.41) is 3.55. The van der Waals surface area contributed by atoms with E-state index in [0.717, 1.165) is 28.7 Å². The van der Waals surface area contributed by atoms with E-state index in [1.54, 1.807) is 6.07 Å². The van der Waals surface area contributed by atoms with Gasteiger partial charge in [-0.1, -0.05) is 0 Å². The number of nitrogens with one attached hydrogen (secondary N) is 1. The van der Waals surface area contributed by atoms with Crippen LogP contribution in [0.2, 0.25) is 0 Å². The number of hydrogen-bond acceptors (Lipinski definition) is 2. The van der Waals surface area contributed by atoms with Crippen molar-refractivity contribution >= 4 is 28.3 Å². The van der Waals surface area contributed by atoms with Gasteiger partial charge in [-0.25, -0.2) is 4.39 Å². The first-order chi connectivity index (χ1) is 8.67. The van der Waals surface area contributed by atoms with Gasteiger partial charge in [-0.3, -0.25) is 0 Å². The molecule has 1 aliphatic heterocycles. The Labute approximate surface area is 120 Å². The van der Waals surface area contributed by atoms with Crippen molar-refractivity contribution in [3.8, 4) is 0 Å². The van der Waals surface area contributed by atoms with Crippen molar-refractivity contribution in [3.63, 3.8) is 0 Å². The fourth-order valence-corrected chi connectivity index (χ4v) is 3.53. The number of hydrogen-bond donors (Lipinski definition) is 1. The summed E-state index contributed by atoms with van der Waals surface area (Å²) < 4.78 is 19.9. The Morgan fingerprint density at radius 2 is 2.22 bits per heavy atom. The topological polar surface area (TPSA) is 21.3 Å². The zero-order valence-electron chi connectivity index (χ0n) is 10.2. The van der Waals surface area contributed by atoms with E-state index in [2.05, 4.69) is 27.9 Å². The second-order valence-corrected chi connectivity index (χ2v) is 6.51. The van der Waals surface area contributed by atoms with Crippen molar-refractivity contribution in [1.82, 2.24) is 0 Å². The molecule has 18 heavy (non-hydrogen) atoms. The second kappa shape index (κ2) is 4.96.